The summed E-state index contributed by atoms with van der Waals surface area (Å²) in [6.45, 7) is 3.42. The Kier molecular flexibility index (Phi) is 5.67. The monoisotopic (exact) mass is 384 g/mol. The Morgan fingerprint density at radius 3 is 2.86 bits per heavy atom. The summed E-state index contributed by atoms with van der Waals surface area (Å²) in [6, 6.07) is 6.28. The number of methoxy groups -OCH3 is 1. The SMILES string of the molecule is CCC(Oc1ccc2c(c1)CCCC2)C(=O)N1CCc2oc(COC)nc2C1. The van der Waals surface area contributed by atoms with Crippen molar-refractivity contribution in [3.05, 3.63) is 46.7 Å². The molecule has 0 fully saturated rings. The van der Waals surface area contributed by atoms with Gasteiger partial charge in [0, 0.05) is 20.1 Å². The van der Waals surface area contributed by atoms with E-state index in [0.717, 1.165) is 30.0 Å². The second kappa shape index (κ2) is 8.35. The molecular weight excluding hydrogens is 356 g/mol. The number of ether oxygens (including phenoxy) is 2. The molecule has 1 aromatic heterocycles. The van der Waals surface area contributed by atoms with Gasteiger partial charge in [0.15, 0.2) is 6.10 Å². The lowest BCUT2D eigenvalue weighted by atomic mass is 9.92. The van der Waals surface area contributed by atoms with Crippen LogP contribution < -0.4 is 4.74 Å². The molecule has 1 aliphatic heterocycles. The van der Waals surface area contributed by atoms with Gasteiger partial charge in [0.2, 0.25) is 5.89 Å². The highest BCUT2D eigenvalue weighted by atomic mass is 16.5. The topological polar surface area (TPSA) is 64.8 Å². The van der Waals surface area contributed by atoms with Crippen LogP contribution >= 0.6 is 0 Å². The maximum absolute atomic E-state index is 13.1. The van der Waals surface area contributed by atoms with Gasteiger partial charge in [-0.05, 0) is 55.4 Å². The van der Waals surface area contributed by atoms with Crippen molar-refractivity contribution in [1.82, 2.24) is 9.88 Å². The molecule has 150 valence electrons. The number of hydrogen-bond donors (Lipinski definition) is 0. The molecule has 0 bridgehead atoms. The van der Waals surface area contributed by atoms with Crippen LogP contribution in [0.2, 0.25) is 0 Å². The summed E-state index contributed by atoms with van der Waals surface area (Å²) >= 11 is 0. The number of aryl methyl sites for hydroxylation is 2. The van der Waals surface area contributed by atoms with E-state index < -0.39 is 6.10 Å². The third-order valence-electron chi connectivity index (χ3n) is 5.60. The predicted molar refractivity (Wildman–Crippen MR) is 104 cm³/mol. The first-order chi connectivity index (χ1) is 13.7. The number of nitrogens with zero attached hydrogens (tertiary/aromatic N) is 2. The molecule has 2 heterocycles. The quantitative estimate of drug-likeness (QED) is 0.763. The van der Waals surface area contributed by atoms with Gasteiger partial charge < -0.3 is 18.8 Å². The van der Waals surface area contributed by atoms with Crippen molar-refractivity contribution in [1.29, 1.82) is 0 Å². The highest BCUT2D eigenvalue weighted by Gasteiger charge is 2.30. The van der Waals surface area contributed by atoms with Crippen molar-refractivity contribution < 1.29 is 18.7 Å². The van der Waals surface area contributed by atoms with Crippen molar-refractivity contribution in [2.45, 2.75) is 64.7 Å². The van der Waals surface area contributed by atoms with E-state index in [4.69, 9.17) is 13.9 Å². The summed E-state index contributed by atoms with van der Waals surface area (Å²) in [7, 11) is 1.61. The van der Waals surface area contributed by atoms with E-state index in [1.807, 2.05) is 17.9 Å². The lowest BCUT2D eigenvalue weighted by Gasteiger charge is -2.29. The van der Waals surface area contributed by atoms with Crippen LogP contribution in [0.5, 0.6) is 5.75 Å². The first-order valence-corrected chi connectivity index (χ1v) is 10.2. The number of carbonyl (C=O) groups is 1. The molecule has 0 radical (unpaired) electrons. The third-order valence-corrected chi connectivity index (χ3v) is 5.60. The van der Waals surface area contributed by atoms with Crippen LogP contribution in [0.3, 0.4) is 0 Å². The molecule has 1 unspecified atom stereocenters. The Labute approximate surface area is 165 Å². The minimum absolute atomic E-state index is 0.0159. The van der Waals surface area contributed by atoms with Crippen molar-refractivity contribution in [2.75, 3.05) is 13.7 Å². The smallest absolute Gasteiger partial charge is 0.263 e. The largest absolute Gasteiger partial charge is 0.481 e. The molecule has 0 N–H and O–H groups in total. The van der Waals surface area contributed by atoms with E-state index in [9.17, 15) is 4.79 Å². The van der Waals surface area contributed by atoms with Gasteiger partial charge in [0.05, 0.1) is 6.54 Å². The van der Waals surface area contributed by atoms with E-state index in [0.29, 0.717) is 38.4 Å². The number of amides is 1. The summed E-state index contributed by atoms with van der Waals surface area (Å²) in [6.07, 6.45) is 5.56. The van der Waals surface area contributed by atoms with Gasteiger partial charge in [-0.2, -0.15) is 0 Å². The van der Waals surface area contributed by atoms with Crippen molar-refractivity contribution >= 4 is 5.91 Å². The molecule has 0 saturated carbocycles. The third kappa shape index (κ3) is 3.92. The first kappa shape index (κ1) is 19.0. The molecule has 2 aliphatic rings. The second-order valence-electron chi connectivity index (χ2n) is 7.57. The zero-order valence-electron chi connectivity index (χ0n) is 16.7. The summed E-state index contributed by atoms with van der Waals surface area (Å²) in [5.74, 6) is 2.24. The molecule has 0 spiro atoms. The molecule has 2 aromatic rings. The summed E-state index contributed by atoms with van der Waals surface area (Å²) in [5, 5.41) is 0. The molecule has 0 saturated heterocycles. The maximum Gasteiger partial charge on any atom is 0.263 e. The predicted octanol–water partition coefficient (Wildman–Crippen LogP) is 3.44. The van der Waals surface area contributed by atoms with Crippen molar-refractivity contribution in [3.63, 3.8) is 0 Å². The molecule has 1 aliphatic carbocycles. The lowest BCUT2D eigenvalue weighted by Crippen LogP contribution is -2.44. The number of carbonyl (C=O) groups excluding carboxylic acids is 1. The van der Waals surface area contributed by atoms with E-state index >= 15 is 0 Å². The highest BCUT2D eigenvalue weighted by molar-refractivity contribution is 5.81. The molecule has 6 nitrogen and oxygen atoms in total. The average Bonchev–Trinajstić information content (AvgIpc) is 3.13. The zero-order chi connectivity index (χ0) is 19.5. The van der Waals surface area contributed by atoms with Crippen LogP contribution in [0.4, 0.5) is 0 Å². The van der Waals surface area contributed by atoms with Crippen molar-refractivity contribution in [3.8, 4) is 5.75 Å². The number of benzene rings is 1. The minimum Gasteiger partial charge on any atom is -0.481 e. The maximum atomic E-state index is 13.1. The van der Waals surface area contributed by atoms with E-state index in [1.165, 1.54) is 24.0 Å². The molecule has 1 atom stereocenters. The molecule has 28 heavy (non-hydrogen) atoms. The first-order valence-electron chi connectivity index (χ1n) is 10.2. The Morgan fingerprint density at radius 2 is 2.07 bits per heavy atom. The lowest BCUT2D eigenvalue weighted by molar-refractivity contribution is -0.140. The zero-order valence-corrected chi connectivity index (χ0v) is 16.7. The number of hydrogen-bond acceptors (Lipinski definition) is 5. The highest BCUT2D eigenvalue weighted by Crippen LogP contribution is 2.27. The Balaban J connectivity index is 1.44. The minimum atomic E-state index is -0.478. The van der Waals surface area contributed by atoms with Crippen LogP contribution in [0.25, 0.3) is 0 Å². The summed E-state index contributed by atoms with van der Waals surface area (Å²) < 4.78 is 16.9. The fraction of sp³-hybridized carbons (Fsp3) is 0.545. The summed E-state index contributed by atoms with van der Waals surface area (Å²) in [4.78, 5) is 19.4. The van der Waals surface area contributed by atoms with Gasteiger partial charge in [-0.3, -0.25) is 4.79 Å². The van der Waals surface area contributed by atoms with Crippen LogP contribution in [-0.2, 0) is 41.9 Å². The van der Waals surface area contributed by atoms with Crippen LogP contribution in [0.1, 0.15) is 54.7 Å². The van der Waals surface area contributed by atoms with Crippen molar-refractivity contribution in [2.24, 2.45) is 0 Å². The number of oxazole rings is 1. The van der Waals surface area contributed by atoms with Gasteiger partial charge in [0.1, 0.15) is 23.8 Å². The molecule has 6 heteroatoms. The van der Waals surface area contributed by atoms with E-state index in [2.05, 4.69) is 17.1 Å². The van der Waals surface area contributed by atoms with Gasteiger partial charge >= 0.3 is 0 Å². The fourth-order valence-electron chi connectivity index (χ4n) is 4.08. The normalized spacial score (nSPS) is 17.0. The fourth-order valence-corrected chi connectivity index (χ4v) is 4.08. The van der Waals surface area contributed by atoms with Gasteiger partial charge in [-0.15, -0.1) is 0 Å². The van der Waals surface area contributed by atoms with Crippen LogP contribution in [-0.4, -0.2) is 35.5 Å². The molecule has 1 amide bonds. The molecule has 1 aromatic carbocycles. The Morgan fingerprint density at radius 1 is 1.25 bits per heavy atom. The number of rotatable bonds is 6. The molecular formula is C22H28N2O4. The Hall–Kier alpha value is -2.34. The summed E-state index contributed by atoms with van der Waals surface area (Å²) in [5.41, 5.74) is 3.61. The van der Waals surface area contributed by atoms with Gasteiger partial charge in [0.25, 0.3) is 5.91 Å². The number of fused-ring (bicyclic) bond motifs is 2. The standard InChI is InChI=1S/C22H28N2O4/c1-3-19(27-17-9-8-15-6-4-5-7-16(15)12-17)22(25)24-11-10-20-18(13-24)23-21(28-20)14-26-2/h8-9,12,19H,3-7,10-11,13-14H2,1-2H3. The van der Waals surface area contributed by atoms with Crippen LogP contribution in [0, 0.1) is 0 Å². The average molecular weight is 384 g/mol. The van der Waals surface area contributed by atoms with E-state index in [-0.39, 0.29) is 5.91 Å². The number of aromatic nitrogens is 1. The Bertz CT molecular complexity index is 845. The van der Waals surface area contributed by atoms with E-state index in [1.54, 1.807) is 7.11 Å². The second-order valence-corrected chi connectivity index (χ2v) is 7.57. The van der Waals surface area contributed by atoms with Crippen LogP contribution in [0.15, 0.2) is 22.6 Å². The molecule has 4 rings (SSSR count). The van der Waals surface area contributed by atoms with Gasteiger partial charge in [-0.1, -0.05) is 13.0 Å². The van der Waals surface area contributed by atoms with Gasteiger partial charge in [-0.25, -0.2) is 4.98 Å².